The molecule has 4 nitrogen and oxygen atoms in total. The monoisotopic (exact) mass is 248 g/mol. The highest BCUT2D eigenvalue weighted by molar-refractivity contribution is 9.10. The first-order valence-electron chi connectivity index (χ1n) is 3.26. The number of rotatable bonds is 1. The third-order valence-electron chi connectivity index (χ3n) is 1.34. The minimum Gasteiger partial charge on any atom is -0.464 e. The van der Waals surface area contributed by atoms with Gasteiger partial charge in [0.05, 0.1) is 12.8 Å². The van der Waals surface area contributed by atoms with E-state index in [0.29, 0.717) is 0 Å². The molecule has 0 aliphatic carbocycles. The molecule has 0 saturated carbocycles. The average molecular weight is 249 g/mol. The van der Waals surface area contributed by atoms with Crippen LogP contribution < -0.4 is 5.73 Å². The first-order chi connectivity index (χ1) is 6.06. The number of hydrogen-bond acceptors (Lipinski definition) is 4. The number of methoxy groups -OCH3 is 1. The molecule has 0 aliphatic heterocycles. The van der Waals surface area contributed by atoms with Crippen LogP contribution in [0.1, 0.15) is 10.5 Å². The lowest BCUT2D eigenvalue weighted by Gasteiger charge is -2.02. The number of nitrogens with zero attached hydrogens (tertiary/aromatic N) is 1. The van der Waals surface area contributed by atoms with Crippen LogP contribution in [0.4, 0.5) is 10.1 Å². The lowest BCUT2D eigenvalue weighted by molar-refractivity contribution is 0.0593. The topological polar surface area (TPSA) is 65.2 Å². The summed E-state index contributed by atoms with van der Waals surface area (Å²) in [6.07, 6.45) is 0. The van der Waals surface area contributed by atoms with Gasteiger partial charge in [-0.3, -0.25) is 0 Å². The van der Waals surface area contributed by atoms with Gasteiger partial charge in [-0.2, -0.15) is 0 Å². The molecule has 1 aromatic heterocycles. The van der Waals surface area contributed by atoms with Crippen molar-refractivity contribution < 1.29 is 13.9 Å². The summed E-state index contributed by atoms with van der Waals surface area (Å²) >= 11 is 2.82. The standard InChI is InChI=1S/C7H6BrFN2O2/c1-13-7(12)4-2-3(10)5(9)6(8)11-4/h2H,1H3,(H2,10,11). The molecular weight excluding hydrogens is 243 g/mol. The van der Waals surface area contributed by atoms with Crippen LogP contribution >= 0.6 is 15.9 Å². The van der Waals surface area contributed by atoms with Gasteiger partial charge in [-0.05, 0) is 22.0 Å². The predicted molar refractivity (Wildman–Crippen MR) is 47.6 cm³/mol. The van der Waals surface area contributed by atoms with Gasteiger partial charge in [-0.1, -0.05) is 0 Å². The minimum atomic E-state index is -0.687. The number of carbonyl (C=O) groups excluding carboxylic acids is 1. The maximum Gasteiger partial charge on any atom is 0.356 e. The number of carbonyl (C=O) groups is 1. The van der Waals surface area contributed by atoms with Crippen LogP contribution in [0.3, 0.4) is 0 Å². The van der Waals surface area contributed by atoms with Crippen LogP contribution in [-0.2, 0) is 4.74 Å². The highest BCUT2D eigenvalue weighted by atomic mass is 79.9. The molecule has 0 unspecified atom stereocenters. The third kappa shape index (κ3) is 1.95. The normalized spacial score (nSPS) is 9.77. The number of anilines is 1. The van der Waals surface area contributed by atoms with E-state index < -0.39 is 11.8 Å². The number of esters is 1. The zero-order valence-corrected chi connectivity index (χ0v) is 8.26. The van der Waals surface area contributed by atoms with E-state index >= 15 is 0 Å². The molecule has 0 radical (unpaired) electrons. The maximum atomic E-state index is 12.9. The fourth-order valence-corrected chi connectivity index (χ4v) is 1.15. The van der Waals surface area contributed by atoms with Gasteiger partial charge in [0, 0.05) is 0 Å². The Kier molecular flexibility index (Phi) is 2.82. The third-order valence-corrected chi connectivity index (χ3v) is 1.87. The van der Waals surface area contributed by atoms with Gasteiger partial charge in [-0.15, -0.1) is 0 Å². The molecule has 6 heteroatoms. The molecule has 0 atom stereocenters. The van der Waals surface area contributed by atoms with E-state index in [1.54, 1.807) is 0 Å². The molecule has 70 valence electrons. The molecule has 0 fully saturated rings. The van der Waals surface area contributed by atoms with E-state index in [4.69, 9.17) is 5.73 Å². The lowest BCUT2D eigenvalue weighted by Crippen LogP contribution is -2.07. The summed E-state index contributed by atoms with van der Waals surface area (Å²) in [6.45, 7) is 0. The van der Waals surface area contributed by atoms with Crippen molar-refractivity contribution in [1.82, 2.24) is 4.98 Å². The summed E-state index contributed by atoms with van der Waals surface area (Å²) in [5, 5.41) is 0. The molecule has 0 aliphatic rings. The Morgan fingerprint density at radius 3 is 2.85 bits per heavy atom. The number of nitrogen functional groups attached to an aromatic ring is 1. The molecular formula is C7H6BrFN2O2. The Labute approximate surface area is 82.0 Å². The predicted octanol–water partition coefficient (Wildman–Crippen LogP) is 1.35. The summed E-state index contributed by atoms with van der Waals surface area (Å²) in [7, 11) is 1.21. The highest BCUT2D eigenvalue weighted by Crippen LogP contribution is 2.19. The van der Waals surface area contributed by atoms with E-state index in [9.17, 15) is 9.18 Å². The van der Waals surface area contributed by atoms with Crippen molar-refractivity contribution in [3.8, 4) is 0 Å². The van der Waals surface area contributed by atoms with E-state index in [1.807, 2.05) is 0 Å². The fraction of sp³-hybridized carbons (Fsp3) is 0.143. The molecule has 1 heterocycles. The number of pyridine rings is 1. The summed E-state index contributed by atoms with van der Waals surface area (Å²) in [5.41, 5.74) is 5.08. The Bertz CT molecular complexity index is 333. The molecule has 0 bridgehead atoms. The van der Waals surface area contributed by atoms with Crippen LogP contribution in [0.25, 0.3) is 0 Å². The number of hydrogen-bond donors (Lipinski definition) is 1. The van der Waals surface area contributed by atoms with Gasteiger partial charge in [0.1, 0.15) is 4.60 Å². The Hall–Kier alpha value is -1.17. The molecule has 2 N–H and O–H groups in total. The van der Waals surface area contributed by atoms with E-state index in [2.05, 4.69) is 25.7 Å². The number of halogens is 2. The van der Waals surface area contributed by atoms with E-state index in [1.165, 1.54) is 7.11 Å². The SMILES string of the molecule is COC(=O)c1cc(N)c(F)c(Br)n1. The van der Waals surface area contributed by atoms with Crippen molar-refractivity contribution in [1.29, 1.82) is 0 Å². The number of aromatic nitrogens is 1. The first-order valence-corrected chi connectivity index (χ1v) is 4.05. The van der Waals surface area contributed by atoms with E-state index in [0.717, 1.165) is 6.07 Å². The van der Waals surface area contributed by atoms with Gasteiger partial charge >= 0.3 is 5.97 Å². The van der Waals surface area contributed by atoms with Gasteiger partial charge in [0.25, 0.3) is 0 Å². The molecule has 0 aromatic carbocycles. The van der Waals surface area contributed by atoms with Gasteiger partial charge in [0.15, 0.2) is 11.5 Å². The van der Waals surface area contributed by atoms with E-state index in [-0.39, 0.29) is 16.0 Å². The summed E-state index contributed by atoms with van der Waals surface area (Å²) in [5.74, 6) is -1.35. The average Bonchev–Trinajstić information content (AvgIpc) is 2.12. The van der Waals surface area contributed by atoms with Crippen molar-refractivity contribution in [2.75, 3.05) is 12.8 Å². The molecule has 1 aromatic rings. The number of ether oxygens (including phenoxy) is 1. The van der Waals surface area contributed by atoms with Crippen molar-refractivity contribution in [3.05, 3.63) is 22.2 Å². The van der Waals surface area contributed by atoms with Crippen LogP contribution in [0.2, 0.25) is 0 Å². The smallest absolute Gasteiger partial charge is 0.356 e. The second-order valence-corrected chi connectivity index (χ2v) is 2.94. The summed E-state index contributed by atoms with van der Waals surface area (Å²) in [4.78, 5) is 14.5. The fourth-order valence-electron chi connectivity index (χ4n) is 0.726. The van der Waals surface area contributed by atoms with Crippen molar-refractivity contribution in [2.45, 2.75) is 0 Å². The first kappa shape index (κ1) is 9.91. The quantitative estimate of drug-likeness (QED) is 0.602. The van der Waals surface area contributed by atoms with Crippen LogP contribution in [0.15, 0.2) is 10.7 Å². The Balaban J connectivity index is 3.20. The Morgan fingerprint density at radius 1 is 1.77 bits per heavy atom. The van der Waals surface area contributed by atoms with Gasteiger partial charge in [0.2, 0.25) is 0 Å². The molecule has 0 amide bonds. The second kappa shape index (κ2) is 3.69. The van der Waals surface area contributed by atoms with Crippen molar-refractivity contribution in [3.63, 3.8) is 0 Å². The zero-order valence-electron chi connectivity index (χ0n) is 6.67. The lowest BCUT2D eigenvalue weighted by atomic mass is 10.3. The van der Waals surface area contributed by atoms with Gasteiger partial charge in [-0.25, -0.2) is 14.2 Å². The van der Waals surface area contributed by atoms with Crippen LogP contribution in [0.5, 0.6) is 0 Å². The minimum absolute atomic E-state index is 0.0340. The Morgan fingerprint density at radius 2 is 2.38 bits per heavy atom. The van der Waals surface area contributed by atoms with Crippen molar-refractivity contribution in [2.24, 2.45) is 0 Å². The number of nitrogens with two attached hydrogens (primary N) is 1. The molecule has 0 saturated heterocycles. The molecule has 13 heavy (non-hydrogen) atoms. The second-order valence-electron chi connectivity index (χ2n) is 2.19. The maximum absolute atomic E-state index is 12.9. The van der Waals surface area contributed by atoms with Crippen LogP contribution in [0, 0.1) is 5.82 Å². The zero-order chi connectivity index (χ0) is 10.0. The summed E-state index contributed by atoms with van der Waals surface area (Å²) in [6, 6.07) is 1.12. The van der Waals surface area contributed by atoms with Crippen molar-refractivity contribution >= 4 is 27.6 Å². The molecule has 1 rings (SSSR count). The molecule has 0 spiro atoms. The highest BCUT2D eigenvalue weighted by Gasteiger charge is 2.13. The summed E-state index contributed by atoms with van der Waals surface area (Å²) < 4.78 is 17.2. The largest absolute Gasteiger partial charge is 0.464 e. The van der Waals surface area contributed by atoms with Crippen LogP contribution in [-0.4, -0.2) is 18.1 Å². The van der Waals surface area contributed by atoms with Gasteiger partial charge < -0.3 is 10.5 Å².